The predicted molar refractivity (Wildman–Crippen MR) is 95.4 cm³/mol. The smallest absolute Gasteiger partial charge is 0.251 e. The summed E-state index contributed by atoms with van der Waals surface area (Å²) >= 11 is 0. The number of aryl methyl sites for hydroxylation is 1. The second-order valence-electron chi connectivity index (χ2n) is 5.83. The average Bonchev–Trinajstić information content (AvgIpc) is 2.58. The third-order valence-corrected chi connectivity index (χ3v) is 4.05. The maximum atomic E-state index is 12.2. The first-order chi connectivity index (χ1) is 11.1. The first-order valence-electron chi connectivity index (χ1n) is 8.27. The Morgan fingerprint density at radius 2 is 1.70 bits per heavy atom. The van der Waals surface area contributed by atoms with Gasteiger partial charge in [-0.05, 0) is 43.3 Å². The number of hydrogen-bond donors (Lipinski definition) is 1. The van der Waals surface area contributed by atoms with Crippen LogP contribution in [0.1, 0.15) is 40.9 Å². The van der Waals surface area contributed by atoms with Gasteiger partial charge in [0.15, 0.2) is 0 Å². The van der Waals surface area contributed by atoms with Gasteiger partial charge in [0.05, 0.1) is 0 Å². The van der Waals surface area contributed by atoms with E-state index in [4.69, 9.17) is 0 Å². The van der Waals surface area contributed by atoms with Crippen molar-refractivity contribution < 1.29 is 4.79 Å². The molecule has 0 saturated heterocycles. The molecule has 0 atom stereocenters. The lowest BCUT2D eigenvalue weighted by Gasteiger charge is -2.18. The van der Waals surface area contributed by atoms with Crippen LogP contribution in [-0.4, -0.2) is 23.9 Å². The van der Waals surface area contributed by atoms with Gasteiger partial charge in [-0.2, -0.15) is 0 Å². The van der Waals surface area contributed by atoms with Crippen LogP contribution in [0.4, 0.5) is 0 Å². The Kier molecular flexibility index (Phi) is 6.36. The fraction of sp³-hybridized carbons (Fsp3) is 0.350. The zero-order chi connectivity index (χ0) is 16.7. The van der Waals surface area contributed by atoms with Crippen molar-refractivity contribution in [2.45, 2.75) is 33.9 Å². The van der Waals surface area contributed by atoms with Crippen LogP contribution in [0.15, 0.2) is 48.5 Å². The summed E-state index contributed by atoms with van der Waals surface area (Å²) in [5, 5.41) is 2.98. The van der Waals surface area contributed by atoms with Crippen LogP contribution in [-0.2, 0) is 13.1 Å². The molecule has 0 bridgehead atoms. The van der Waals surface area contributed by atoms with Gasteiger partial charge in [-0.15, -0.1) is 0 Å². The minimum absolute atomic E-state index is 0.0269. The molecular formula is C20H26N2O. The first kappa shape index (κ1) is 17.2. The van der Waals surface area contributed by atoms with Crippen LogP contribution in [0.5, 0.6) is 0 Å². The minimum atomic E-state index is -0.0269. The molecule has 1 amide bonds. The van der Waals surface area contributed by atoms with Crippen molar-refractivity contribution >= 4 is 5.91 Å². The fourth-order valence-electron chi connectivity index (χ4n) is 2.57. The lowest BCUT2D eigenvalue weighted by Crippen LogP contribution is -2.23. The molecule has 2 aromatic carbocycles. The second-order valence-corrected chi connectivity index (χ2v) is 5.83. The van der Waals surface area contributed by atoms with E-state index in [1.807, 2.05) is 36.4 Å². The molecule has 3 nitrogen and oxygen atoms in total. The number of nitrogens with zero attached hydrogens (tertiary/aromatic N) is 1. The maximum Gasteiger partial charge on any atom is 0.251 e. The summed E-state index contributed by atoms with van der Waals surface area (Å²) in [6.45, 7) is 9.94. The van der Waals surface area contributed by atoms with E-state index in [2.05, 4.69) is 43.1 Å². The van der Waals surface area contributed by atoms with E-state index in [1.165, 1.54) is 11.1 Å². The van der Waals surface area contributed by atoms with Gasteiger partial charge in [0, 0.05) is 18.7 Å². The van der Waals surface area contributed by atoms with E-state index >= 15 is 0 Å². The Bertz CT molecular complexity index is 630. The van der Waals surface area contributed by atoms with Crippen molar-refractivity contribution in [1.29, 1.82) is 0 Å². The van der Waals surface area contributed by atoms with Gasteiger partial charge in [-0.3, -0.25) is 9.69 Å². The summed E-state index contributed by atoms with van der Waals surface area (Å²) in [6.07, 6.45) is 0. The van der Waals surface area contributed by atoms with E-state index in [0.29, 0.717) is 12.1 Å². The topological polar surface area (TPSA) is 32.3 Å². The quantitative estimate of drug-likeness (QED) is 0.844. The van der Waals surface area contributed by atoms with Gasteiger partial charge >= 0.3 is 0 Å². The largest absolute Gasteiger partial charge is 0.348 e. The van der Waals surface area contributed by atoms with Crippen molar-refractivity contribution in [3.63, 3.8) is 0 Å². The lowest BCUT2D eigenvalue weighted by atomic mass is 10.1. The van der Waals surface area contributed by atoms with Gasteiger partial charge in [-0.1, -0.05) is 55.8 Å². The molecule has 0 fully saturated rings. The third-order valence-electron chi connectivity index (χ3n) is 4.05. The SMILES string of the molecule is CCN(CC)Cc1ccc(C(=O)NCc2cccc(C)c2)cc1. The molecule has 0 aromatic heterocycles. The number of nitrogens with one attached hydrogen (secondary N) is 1. The van der Waals surface area contributed by atoms with E-state index in [1.54, 1.807) is 0 Å². The molecule has 0 spiro atoms. The van der Waals surface area contributed by atoms with Crippen LogP contribution in [0.3, 0.4) is 0 Å². The van der Waals surface area contributed by atoms with Gasteiger partial charge in [-0.25, -0.2) is 0 Å². The average molecular weight is 310 g/mol. The molecule has 23 heavy (non-hydrogen) atoms. The molecule has 0 unspecified atom stereocenters. The number of carbonyl (C=O) groups is 1. The van der Waals surface area contributed by atoms with Gasteiger partial charge in [0.2, 0.25) is 0 Å². The molecule has 1 N–H and O–H groups in total. The van der Waals surface area contributed by atoms with Crippen molar-refractivity contribution in [2.75, 3.05) is 13.1 Å². The molecule has 0 aliphatic rings. The van der Waals surface area contributed by atoms with E-state index in [0.717, 1.165) is 25.2 Å². The zero-order valence-electron chi connectivity index (χ0n) is 14.3. The summed E-state index contributed by atoms with van der Waals surface area (Å²) in [5.41, 5.74) is 4.28. The van der Waals surface area contributed by atoms with Gasteiger partial charge in [0.25, 0.3) is 5.91 Å². The molecule has 0 saturated carbocycles. The number of amides is 1. The summed E-state index contributed by atoms with van der Waals surface area (Å²) in [4.78, 5) is 14.6. The normalized spacial score (nSPS) is 10.8. The second kappa shape index (κ2) is 8.49. The monoisotopic (exact) mass is 310 g/mol. The van der Waals surface area contributed by atoms with E-state index in [9.17, 15) is 4.79 Å². The lowest BCUT2D eigenvalue weighted by molar-refractivity contribution is 0.0951. The highest BCUT2D eigenvalue weighted by Crippen LogP contribution is 2.09. The molecular weight excluding hydrogens is 284 g/mol. The molecule has 0 aliphatic heterocycles. The highest BCUT2D eigenvalue weighted by atomic mass is 16.1. The third kappa shape index (κ3) is 5.22. The highest BCUT2D eigenvalue weighted by molar-refractivity contribution is 5.94. The van der Waals surface area contributed by atoms with Crippen LogP contribution >= 0.6 is 0 Å². The van der Waals surface area contributed by atoms with Gasteiger partial charge < -0.3 is 5.32 Å². The number of hydrogen-bond acceptors (Lipinski definition) is 2. The number of benzene rings is 2. The molecule has 2 aromatic rings. The Morgan fingerprint density at radius 3 is 2.30 bits per heavy atom. The Labute approximate surface area is 139 Å². The molecule has 0 heterocycles. The first-order valence-corrected chi connectivity index (χ1v) is 8.27. The van der Waals surface area contributed by atoms with Crippen molar-refractivity contribution in [1.82, 2.24) is 10.2 Å². The van der Waals surface area contributed by atoms with Crippen molar-refractivity contribution in [3.8, 4) is 0 Å². The molecule has 3 heteroatoms. The Balaban J connectivity index is 1.92. The Hall–Kier alpha value is -2.13. The molecule has 0 aliphatic carbocycles. The maximum absolute atomic E-state index is 12.2. The van der Waals surface area contributed by atoms with E-state index < -0.39 is 0 Å². The zero-order valence-corrected chi connectivity index (χ0v) is 14.3. The van der Waals surface area contributed by atoms with Crippen LogP contribution in [0, 0.1) is 6.92 Å². The van der Waals surface area contributed by atoms with Crippen LogP contribution in [0.25, 0.3) is 0 Å². The summed E-state index contributed by atoms with van der Waals surface area (Å²) in [6, 6.07) is 16.1. The fourth-order valence-corrected chi connectivity index (χ4v) is 2.57. The summed E-state index contributed by atoms with van der Waals surface area (Å²) in [7, 11) is 0. The molecule has 2 rings (SSSR count). The standard InChI is InChI=1S/C20H26N2O/c1-4-22(5-2)15-17-9-11-19(12-10-17)20(23)21-14-18-8-6-7-16(3)13-18/h6-13H,4-5,14-15H2,1-3H3,(H,21,23). The van der Waals surface area contributed by atoms with Crippen molar-refractivity contribution in [3.05, 3.63) is 70.8 Å². The predicted octanol–water partition coefficient (Wildman–Crippen LogP) is 3.77. The highest BCUT2D eigenvalue weighted by Gasteiger charge is 2.06. The number of carbonyl (C=O) groups excluding carboxylic acids is 1. The molecule has 122 valence electrons. The van der Waals surface area contributed by atoms with Gasteiger partial charge in [0.1, 0.15) is 0 Å². The van der Waals surface area contributed by atoms with Crippen LogP contribution in [0.2, 0.25) is 0 Å². The van der Waals surface area contributed by atoms with Crippen molar-refractivity contribution in [2.24, 2.45) is 0 Å². The number of rotatable bonds is 7. The Morgan fingerprint density at radius 1 is 1.00 bits per heavy atom. The van der Waals surface area contributed by atoms with E-state index in [-0.39, 0.29) is 5.91 Å². The van der Waals surface area contributed by atoms with Crippen LogP contribution < -0.4 is 5.32 Å². The summed E-state index contributed by atoms with van der Waals surface area (Å²) in [5.74, 6) is -0.0269. The summed E-state index contributed by atoms with van der Waals surface area (Å²) < 4.78 is 0. The minimum Gasteiger partial charge on any atom is -0.348 e. The molecule has 0 radical (unpaired) electrons.